The molecule has 0 fully saturated rings. The Morgan fingerprint density at radius 1 is 0.815 bits per heavy atom. The standard InChI is InChI=1S/C38H46N8O6S2/c1-8-19(4)28-36-46-30(22(7)52-36)34(50)41-25(15-23-12-10-9-11-13-23)38-43-26(17-54-38)31(47)40-24(14-18(2)3)35-45-29(21(6)51-35)33(49)39-20(5)37-42-27(16-53-37)32(48)44-28/h9-13,16-20,22,24-25,28,30H,8,14-15H2,1-7H3,(H,39,49)(H,40,47)(H,41,50)(H,44,48). The van der Waals surface area contributed by atoms with E-state index < -0.39 is 54.0 Å². The van der Waals surface area contributed by atoms with Crippen molar-refractivity contribution in [3.8, 4) is 0 Å². The van der Waals surface area contributed by atoms with Crippen molar-refractivity contribution in [2.24, 2.45) is 16.8 Å². The van der Waals surface area contributed by atoms with E-state index in [0.717, 1.165) is 5.56 Å². The molecule has 6 rings (SSSR count). The van der Waals surface area contributed by atoms with Crippen molar-refractivity contribution in [3.05, 3.63) is 85.4 Å². The number of aryl methyl sites for hydroxylation is 1. The minimum atomic E-state index is -0.892. The highest BCUT2D eigenvalue weighted by molar-refractivity contribution is 7.10. The summed E-state index contributed by atoms with van der Waals surface area (Å²) in [4.78, 5) is 73.3. The Hall–Kier alpha value is -4.96. The zero-order valence-corrected chi connectivity index (χ0v) is 33.0. The molecule has 7 unspecified atom stereocenters. The molecule has 0 radical (unpaired) electrons. The number of aliphatic imine (C=N–C) groups is 1. The molecule has 1 aromatic carbocycles. The number of nitrogens with zero attached hydrogens (tertiary/aromatic N) is 4. The van der Waals surface area contributed by atoms with Gasteiger partial charge in [0, 0.05) is 10.8 Å². The molecule has 16 heteroatoms. The van der Waals surface area contributed by atoms with Gasteiger partial charge in [0.25, 0.3) is 17.7 Å². The van der Waals surface area contributed by atoms with Gasteiger partial charge < -0.3 is 30.4 Å². The number of aromatic nitrogens is 3. The van der Waals surface area contributed by atoms with Crippen LogP contribution in [0.5, 0.6) is 0 Å². The van der Waals surface area contributed by atoms with E-state index in [0.29, 0.717) is 35.0 Å². The summed E-state index contributed by atoms with van der Waals surface area (Å²) in [5.74, 6) is -0.900. The fraction of sp³-hybridized carbons (Fsp3) is 0.474. The van der Waals surface area contributed by atoms with Gasteiger partial charge in [-0.25, -0.2) is 19.9 Å². The van der Waals surface area contributed by atoms with Crippen LogP contribution in [0.15, 0.2) is 50.5 Å². The normalized spacial score (nSPS) is 24.4. The molecular weight excluding hydrogens is 729 g/mol. The second kappa shape index (κ2) is 16.6. The van der Waals surface area contributed by atoms with Crippen molar-refractivity contribution in [1.82, 2.24) is 36.2 Å². The maximum absolute atomic E-state index is 14.0. The zero-order valence-electron chi connectivity index (χ0n) is 31.3. The van der Waals surface area contributed by atoms with E-state index in [1.54, 1.807) is 31.5 Å². The van der Waals surface area contributed by atoms with Gasteiger partial charge in [-0.1, -0.05) is 64.4 Å². The summed E-state index contributed by atoms with van der Waals surface area (Å²) < 4.78 is 12.2. The predicted octanol–water partition coefficient (Wildman–Crippen LogP) is 5.65. The molecule has 0 spiro atoms. The third kappa shape index (κ3) is 8.70. The number of thiazole rings is 2. The molecule has 2 aliphatic rings. The van der Waals surface area contributed by atoms with E-state index in [-0.39, 0.29) is 46.6 Å². The van der Waals surface area contributed by atoms with Gasteiger partial charge in [-0.2, -0.15) is 0 Å². The first-order valence-electron chi connectivity index (χ1n) is 18.2. The predicted molar refractivity (Wildman–Crippen MR) is 205 cm³/mol. The van der Waals surface area contributed by atoms with Gasteiger partial charge >= 0.3 is 0 Å². The zero-order chi connectivity index (χ0) is 38.7. The molecular formula is C38H46N8O6S2. The molecule has 14 nitrogen and oxygen atoms in total. The van der Waals surface area contributed by atoms with Gasteiger partial charge in [-0.15, -0.1) is 22.7 Å². The van der Waals surface area contributed by atoms with Crippen LogP contribution in [0.1, 0.15) is 131 Å². The number of ether oxygens (including phenoxy) is 1. The maximum atomic E-state index is 14.0. The Kier molecular flexibility index (Phi) is 11.9. The molecule has 4 aromatic rings. The number of benzene rings is 1. The van der Waals surface area contributed by atoms with E-state index in [9.17, 15) is 19.2 Å². The number of carbonyl (C=O) groups excluding carboxylic acids is 4. The molecule has 0 aliphatic carbocycles. The summed E-state index contributed by atoms with van der Waals surface area (Å²) in [6, 6.07) is 6.38. The summed E-state index contributed by atoms with van der Waals surface area (Å²) in [5, 5.41) is 16.4. The van der Waals surface area contributed by atoms with E-state index >= 15 is 0 Å². The van der Waals surface area contributed by atoms with E-state index in [2.05, 4.69) is 31.2 Å². The van der Waals surface area contributed by atoms with Crippen LogP contribution in [-0.4, -0.2) is 62.7 Å². The van der Waals surface area contributed by atoms with Crippen LogP contribution in [-0.2, 0) is 16.0 Å². The fourth-order valence-electron chi connectivity index (χ4n) is 6.33. The largest absolute Gasteiger partial charge is 0.474 e. The molecule has 0 saturated heterocycles. The monoisotopic (exact) mass is 774 g/mol. The van der Waals surface area contributed by atoms with Crippen molar-refractivity contribution in [2.45, 2.75) is 104 Å². The number of hydrogen-bond donors (Lipinski definition) is 4. The van der Waals surface area contributed by atoms with Gasteiger partial charge in [0.15, 0.2) is 11.7 Å². The highest BCUT2D eigenvalue weighted by Crippen LogP contribution is 2.28. The first-order valence-corrected chi connectivity index (χ1v) is 20.0. The first-order chi connectivity index (χ1) is 25.8. The lowest BCUT2D eigenvalue weighted by atomic mass is 9.98. The minimum absolute atomic E-state index is 0.0838. The maximum Gasteiger partial charge on any atom is 0.274 e. The van der Waals surface area contributed by atoms with Crippen molar-refractivity contribution in [2.75, 3.05) is 0 Å². The SMILES string of the molecule is CCC(C)C1NC(=O)c2csc(n2)C(C)NC(=O)c2nc(oc2C)C(CC(C)C)NC(=O)c2csc(n2)C(Cc2ccccc2)NC(=O)C2N=C1OC2C. The molecule has 4 N–H and O–H groups in total. The lowest BCUT2D eigenvalue weighted by Gasteiger charge is -2.24. The highest BCUT2D eigenvalue weighted by atomic mass is 32.1. The molecule has 8 bridgehead atoms. The molecule has 2 aliphatic heterocycles. The van der Waals surface area contributed by atoms with Crippen molar-refractivity contribution >= 4 is 52.2 Å². The third-order valence-corrected chi connectivity index (χ3v) is 11.5. The molecule has 5 heterocycles. The smallest absolute Gasteiger partial charge is 0.274 e. The summed E-state index contributed by atoms with van der Waals surface area (Å²) in [5.41, 5.74) is 1.40. The second-order valence-corrected chi connectivity index (χ2v) is 16.1. The first kappa shape index (κ1) is 38.8. The van der Waals surface area contributed by atoms with E-state index in [1.165, 1.54) is 22.7 Å². The Bertz CT molecular complexity index is 2020. The van der Waals surface area contributed by atoms with Crippen LogP contribution in [0.25, 0.3) is 0 Å². The Labute approximate surface area is 322 Å². The topological polar surface area (TPSA) is 190 Å². The van der Waals surface area contributed by atoms with Crippen LogP contribution < -0.4 is 21.3 Å². The molecule has 3 aromatic heterocycles. The number of hydrogen-bond acceptors (Lipinski definition) is 12. The molecule has 7 atom stereocenters. The summed E-state index contributed by atoms with van der Waals surface area (Å²) in [6.07, 6.45) is 0.986. The summed E-state index contributed by atoms with van der Waals surface area (Å²) >= 11 is 2.51. The number of amides is 4. The van der Waals surface area contributed by atoms with Gasteiger partial charge in [-0.3, -0.25) is 19.2 Å². The summed E-state index contributed by atoms with van der Waals surface area (Å²) in [7, 11) is 0. The van der Waals surface area contributed by atoms with Gasteiger partial charge in [0.05, 0.1) is 12.1 Å². The number of nitrogens with one attached hydrogen (secondary N) is 4. The van der Waals surface area contributed by atoms with Crippen molar-refractivity contribution < 1.29 is 28.3 Å². The average Bonchev–Trinajstić information content (AvgIpc) is 3.96. The van der Waals surface area contributed by atoms with Crippen LogP contribution >= 0.6 is 22.7 Å². The summed E-state index contributed by atoms with van der Waals surface area (Å²) in [6.45, 7) is 13.2. The van der Waals surface area contributed by atoms with E-state index in [1.807, 2.05) is 58.0 Å². The van der Waals surface area contributed by atoms with Gasteiger partial charge in [0.1, 0.15) is 45.4 Å². The third-order valence-electron chi connectivity index (χ3n) is 9.52. The Morgan fingerprint density at radius 3 is 2.17 bits per heavy atom. The van der Waals surface area contributed by atoms with Crippen molar-refractivity contribution in [3.63, 3.8) is 0 Å². The number of oxazole rings is 1. The molecule has 4 amide bonds. The number of rotatable bonds is 6. The molecule has 286 valence electrons. The number of fused-ring (bicyclic) bond motifs is 7. The Morgan fingerprint density at radius 2 is 1.48 bits per heavy atom. The highest BCUT2D eigenvalue weighted by Gasteiger charge is 2.40. The van der Waals surface area contributed by atoms with Crippen molar-refractivity contribution in [1.29, 1.82) is 0 Å². The van der Waals surface area contributed by atoms with Crippen LogP contribution in [0.2, 0.25) is 0 Å². The molecule has 0 saturated carbocycles. The fourth-order valence-corrected chi connectivity index (χ4v) is 7.99. The van der Waals surface area contributed by atoms with Gasteiger partial charge in [0.2, 0.25) is 17.7 Å². The van der Waals surface area contributed by atoms with E-state index in [4.69, 9.17) is 19.1 Å². The van der Waals surface area contributed by atoms with Crippen LogP contribution in [0, 0.1) is 18.8 Å². The van der Waals surface area contributed by atoms with Gasteiger partial charge in [-0.05, 0) is 51.0 Å². The number of carbonyl (C=O) groups is 4. The lowest BCUT2D eigenvalue weighted by Crippen LogP contribution is -2.45. The molecule has 54 heavy (non-hydrogen) atoms. The Balaban J connectivity index is 1.39. The second-order valence-electron chi connectivity index (χ2n) is 14.3. The average molecular weight is 775 g/mol. The quantitative estimate of drug-likeness (QED) is 0.192. The van der Waals surface area contributed by atoms with Crippen LogP contribution in [0.3, 0.4) is 0 Å². The lowest BCUT2D eigenvalue weighted by molar-refractivity contribution is -0.124. The minimum Gasteiger partial charge on any atom is -0.474 e. The van der Waals surface area contributed by atoms with Crippen LogP contribution in [0.4, 0.5) is 0 Å².